The summed E-state index contributed by atoms with van der Waals surface area (Å²) in [6.07, 6.45) is 0. The van der Waals surface area contributed by atoms with Crippen molar-refractivity contribution in [2.24, 2.45) is 0 Å². The standard InChI is InChI=1S/C18H22N4OS2/c1-4-21-17(15-5-7-16(23-3)8-6-15)19-22(18(21)24)13-20(2)11-14-9-10-25-12-14/h5-10,12H,4,11,13H2,1-3H3. The molecule has 0 aliphatic heterocycles. The van der Waals surface area contributed by atoms with Crippen molar-refractivity contribution in [2.75, 3.05) is 14.2 Å². The Hall–Kier alpha value is -1.96. The highest BCUT2D eigenvalue weighted by Gasteiger charge is 2.13. The van der Waals surface area contributed by atoms with Gasteiger partial charge in [-0.3, -0.25) is 4.90 Å². The van der Waals surface area contributed by atoms with Gasteiger partial charge in [0.05, 0.1) is 13.8 Å². The van der Waals surface area contributed by atoms with Crippen molar-refractivity contribution in [2.45, 2.75) is 26.7 Å². The first-order chi connectivity index (χ1) is 12.1. The molecule has 0 saturated carbocycles. The molecule has 0 bridgehead atoms. The van der Waals surface area contributed by atoms with E-state index in [9.17, 15) is 0 Å². The van der Waals surface area contributed by atoms with Crippen LogP contribution >= 0.6 is 23.6 Å². The second-order valence-corrected chi connectivity index (χ2v) is 7.01. The molecule has 5 nitrogen and oxygen atoms in total. The third-order valence-electron chi connectivity index (χ3n) is 4.00. The van der Waals surface area contributed by atoms with Crippen LogP contribution in [0.2, 0.25) is 0 Å². The van der Waals surface area contributed by atoms with Gasteiger partial charge in [0, 0.05) is 18.7 Å². The quantitative estimate of drug-likeness (QED) is 0.579. The lowest BCUT2D eigenvalue weighted by molar-refractivity contribution is 0.244. The van der Waals surface area contributed by atoms with E-state index in [1.54, 1.807) is 18.4 Å². The van der Waals surface area contributed by atoms with Crippen molar-refractivity contribution >= 4 is 23.6 Å². The molecular weight excluding hydrogens is 352 g/mol. The smallest absolute Gasteiger partial charge is 0.199 e. The van der Waals surface area contributed by atoms with Crippen LogP contribution < -0.4 is 4.74 Å². The molecule has 0 amide bonds. The molecule has 0 saturated heterocycles. The average Bonchev–Trinajstić information content (AvgIpc) is 3.23. The van der Waals surface area contributed by atoms with E-state index in [0.29, 0.717) is 6.67 Å². The minimum atomic E-state index is 0.658. The summed E-state index contributed by atoms with van der Waals surface area (Å²) < 4.78 is 9.93. The van der Waals surface area contributed by atoms with Gasteiger partial charge in [-0.25, -0.2) is 4.68 Å². The van der Waals surface area contributed by atoms with Crippen molar-refractivity contribution in [3.8, 4) is 17.1 Å². The predicted molar refractivity (Wildman–Crippen MR) is 104 cm³/mol. The number of ether oxygens (including phenoxy) is 1. The topological polar surface area (TPSA) is 35.2 Å². The van der Waals surface area contributed by atoms with E-state index in [-0.39, 0.29) is 0 Å². The highest BCUT2D eigenvalue weighted by Crippen LogP contribution is 2.22. The summed E-state index contributed by atoms with van der Waals surface area (Å²) in [4.78, 5) is 2.21. The Balaban J connectivity index is 1.85. The molecule has 1 aromatic carbocycles. The van der Waals surface area contributed by atoms with Crippen LogP contribution in [0, 0.1) is 4.77 Å². The molecule has 25 heavy (non-hydrogen) atoms. The highest BCUT2D eigenvalue weighted by molar-refractivity contribution is 7.71. The maximum atomic E-state index is 5.64. The zero-order valence-corrected chi connectivity index (χ0v) is 16.3. The fraction of sp³-hybridized carbons (Fsp3) is 0.333. The van der Waals surface area contributed by atoms with Crippen molar-refractivity contribution in [1.29, 1.82) is 0 Å². The minimum Gasteiger partial charge on any atom is -0.497 e. The van der Waals surface area contributed by atoms with E-state index in [1.807, 2.05) is 28.9 Å². The Bertz CT molecular complexity index is 866. The molecular formula is C18H22N4OS2. The Labute approximate surface area is 157 Å². The lowest BCUT2D eigenvalue weighted by Crippen LogP contribution is -2.22. The summed E-state index contributed by atoms with van der Waals surface area (Å²) in [6.45, 7) is 4.41. The second kappa shape index (κ2) is 7.95. The summed E-state index contributed by atoms with van der Waals surface area (Å²) in [5, 5.41) is 9.04. The van der Waals surface area contributed by atoms with Crippen LogP contribution in [0.1, 0.15) is 12.5 Å². The molecule has 0 radical (unpaired) electrons. The lowest BCUT2D eigenvalue weighted by atomic mass is 10.2. The Morgan fingerprint density at radius 1 is 1.24 bits per heavy atom. The van der Waals surface area contributed by atoms with Gasteiger partial charge in [0.2, 0.25) is 0 Å². The lowest BCUT2D eigenvalue weighted by Gasteiger charge is -2.15. The van der Waals surface area contributed by atoms with Crippen LogP contribution in [-0.4, -0.2) is 33.4 Å². The number of thiophene rings is 1. The number of rotatable bonds is 7. The molecule has 2 aromatic heterocycles. The van der Waals surface area contributed by atoms with Crippen molar-refractivity contribution in [3.63, 3.8) is 0 Å². The molecule has 0 unspecified atom stereocenters. The molecule has 7 heteroatoms. The molecule has 0 aliphatic rings. The largest absolute Gasteiger partial charge is 0.497 e. The highest BCUT2D eigenvalue weighted by atomic mass is 32.1. The second-order valence-electron chi connectivity index (χ2n) is 5.87. The third kappa shape index (κ3) is 4.00. The number of aromatic nitrogens is 3. The van der Waals surface area contributed by atoms with E-state index in [0.717, 1.165) is 35.0 Å². The van der Waals surface area contributed by atoms with Crippen LogP contribution in [0.25, 0.3) is 11.4 Å². The average molecular weight is 375 g/mol. The van der Waals surface area contributed by atoms with Gasteiger partial charge in [-0.1, -0.05) is 0 Å². The first-order valence-electron chi connectivity index (χ1n) is 8.14. The number of nitrogens with zero attached hydrogens (tertiary/aromatic N) is 4. The van der Waals surface area contributed by atoms with Gasteiger partial charge in [0.25, 0.3) is 0 Å². The number of hydrogen-bond acceptors (Lipinski definition) is 5. The number of methoxy groups -OCH3 is 1. The predicted octanol–water partition coefficient (Wildman–Crippen LogP) is 4.26. The molecule has 0 fully saturated rings. The molecule has 3 aromatic rings. The van der Waals surface area contributed by atoms with Crippen molar-refractivity contribution < 1.29 is 4.74 Å². The fourth-order valence-electron chi connectivity index (χ4n) is 2.74. The molecule has 0 spiro atoms. The Kier molecular flexibility index (Phi) is 5.67. The first-order valence-corrected chi connectivity index (χ1v) is 9.49. The van der Waals surface area contributed by atoms with Crippen LogP contribution in [0.15, 0.2) is 41.1 Å². The molecule has 132 valence electrons. The maximum absolute atomic E-state index is 5.64. The van der Waals surface area contributed by atoms with E-state index in [2.05, 4.69) is 40.3 Å². The van der Waals surface area contributed by atoms with E-state index >= 15 is 0 Å². The van der Waals surface area contributed by atoms with E-state index in [1.165, 1.54) is 5.56 Å². The third-order valence-corrected chi connectivity index (χ3v) is 5.16. The zero-order chi connectivity index (χ0) is 17.8. The Morgan fingerprint density at radius 3 is 2.60 bits per heavy atom. The molecule has 0 atom stereocenters. The van der Waals surface area contributed by atoms with Crippen LogP contribution in [-0.2, 0) is 19.8 Å². The van der Waals surface area contributed by atoms with Crippen LogP contribution in [0.3, 0.4) is 0 Å². The molecule has 3 rings (SSSR count). The minimum absolute atomic E-state index is 0.658. The van der Waals surface area contributed by atoms with Gasteiger partial charge in [0.1, 0.15) is 5.75 Å². The molecule has 2 heterocycles. The number of hydrogen-bond donors (Lipinski definition) is 0. The van der Waals surface area contributed by atoms with E-state index < -0.39 is 0 Å². The SMILES string of the molecule is CCn1c(-c2ccc(OC)cc2)nn(CN(C)Cc2ccsc2)c1=S. The fourth-order valence-corrected chi connectivity index (χ4v) is 3.72. The number of benzene rings is 1. The van der Waals surface area contributed by atoms with Gasteiger partial charge in [-0.05, 0) is 72.8 Å². The Morgan fingerprint density at radius 2 is 2.00 bits per heavy atom. The first kappa shape index (κ1) is 17.8. The van der Waals surface area contributed by atoms with E-state index in [4.69, 9.17) is 22.1 Å². The van der Waals surface area contributed by atoms with Crippen LogP contribution in [0.4, 0.5) is 0 Å². The van der Waals surface area contributed by atoms with Gasteiger partial charge in [0.15, 0.2) is 10.6 Å². The van der Waals surface area contributed by atoms with Gasteiger partial charge in [-0.2, -0.15) is 16.4 Å². The van der Waals surface area contributed by atoms with Crippen LogP contribution in [0.5, 0.6) is 5.75 Å². The molecule has 0 N–H and O–H groups in total. The molecule has 0 aliphatic carbocycles. The summed E-state index contributed by atoms with van der Waals surface area (Å²) in [6, 6.07) is 10.1. The summed E-state index contributed by atoms with van der Waals surface area (Å²) in [7, 11) is 3.75. The summed E-state index contributed by atoms with van der Waals surface area (Å²) in [5.41, 5.74) is 2.34. The summed E-state index contributed by atoms with van der Waals surface area (Å²) in [5.74, 6) is 1.72. The van der Waals surface area contributed by atoms with Gasteiger partial charge in [-0.15, -0.1) is 0 Å². The van der Waals surface area contributed by atoms with Crippen molar-refractivity contribution in [1.82, 2.24) is 19.2 Å². The van der Waals surface area contributed by atoms with Gasteiger partial charge >= 0.3 is 0 Å². The normalized spacial score (nSPS) is 11.2. The maximum Gasteiger partial charge on any atom is 0.199 e. The monoisotopic (exact) mass is 374 g/mol. The summed E-state index contributed by atoms with van der Waals surface area (Å²) >= 11 is 7.36. The van der Waals surface area contributed by atoms with Gasteiger partial charge < -0.3 is 9.30 Å². The zero-order valence-electron chi connectivity index (χ0n) is 14.7. The van der Waals surface area contributed by atoms with Crippen molar-refractivity contribution in [3.05, 3.63) is 51.4 Å².